The van der Waals surface area contributed by atoms with Crippen molar-refractivity contribution in [3.63, 3.8) is 0 Å². The maximum Gasteiger partial charge on any atom is 0.272 e. The Balaban J connectivity index is 1.75. The molecule has 2 N–H and O–H groups in total. The Morgan fingerprint density at radius 3 is 2.71 bits per heavy atom. The third-order valence-corrected chi connectivity index (χ3v) is 6.43. The van der Waals surface area contributed by atoms with Crippen molar-refractivity contribution in [3.8, 4) is 0 Å². The highest BCUT2D eigenvalue weighted by Gasteiger charge is 2.49. The zero-order chi connectivity index (χ0) is 20.1. The van der Waals surface area contributed by atoms with Gasteiger partial charge in [-0.1, -0.05) is 41.4 Å². The van der Waals surface area contributed by atoms with E-state index in [0.29, 0.717) is 21.6 Å². The summed E-state index contributed by atoms with van der Waals surface area (Å²) in [7, 11) is 2.08. The molecule has 2 aliphatic rings. The van der Waals surface area contributed by atoms with Crippen molar-refractivity contribution in [3.05, 3.63) is 64.2 Å². The SMILES string of the molecule is Cc1ccc2c(c1)[C@H]1C[N+](C)(CC(N)=O)CC[C@H]1N2C(=O)c1ccccc1Cl. The fourth-order valence-electron chi connectivity index (χ4n) is 4.86. The smallest absolute Gasteiger partial charge is 0.272 e. The first-order valence-electron chi connectivity index (χ1n) is 9.59. The Bertz CT molecular complexity index is 961. The molecule has 2 aromatic carbocycles. The summed E-state index contributed by atoms with van der Waals surface area (Å²) in [6.07, 6.45) is 0.818. The van der Waals surface area contributed by atoms with Crippen LogP contribution >= 0.6 is 11.6 Å². The van der Waals surface area contributed by atoms with Crippen molar-refractivity contribution in [2.75, 3.05) is 31.6 Å². The van der Waals surface area contributed by atoms with Crippen LogP contribution in [0.15, 0.2) is 42.5 Å². The van der Waals surface area contributed by atoms with Crippen LogP contribution in [0.4, 0.5) is 5.69 Å². The molecule has 0 spiro atoms. The van der Waals surface area contributed by atoms with E-state index in [1.165, 1.54) is 11.1 Å². The number of benzene rings is 2. The Kier molecular flexibility index (Phi) is 4.68. The molecule has 0 saturated carbocycles. The fourth-order valence-corrected chi connectivity index (χ4v) is 5.08. The number of piperidine rings is 1. The van der Waals surface area contributed by atoms with Gasteiger partial charge in [0, 0.05) is 12.1 Å². The number of halogens is 1. The number of carbonyl (C=O) groups is 2. The normalized spacial score (nSPS) is 25.9. The average Bonchev–Trinajstić information content (AvgIpc) is 2.93. The lowest BCUT2D eigenvalue weighted by Gasteiger charge is -2.43. The minimum Gasteiger partial charge on any atom is -0.365 e. The largest absolute Gasteiger partial charge is 0.365 e. The predicted molar refractivity (Wildman–Crippen MR) is 111 cm³/mol. The number of nitrogens with zero attached hydrogens (tertiary/aromatic N) is 2. The van der Waals surface area contributed by atoms with Crippen molar-refractivity contribution in [2.24, 2.45) is 5.73 Å². The lowest BCUT2D eigenvalue weighted by atomic mass is 9.87. The lowest BCUT2D eigenvalue weighted by molar-refractivity contribution is -0.907. The van der Waals surface area contributed by atoms with Crippen LogP contribution < -0.4 is 10.6 Å². The zero-order valence-corrected chi connectivity index (χ0v) is 16.9. The van der Waals surface area contributed by atoms with Crippen LogP contribution in [0.1, 0.15) is 33.8 Å². The van der Waals surface area contributed by atoms with E-state index in [2.05, 4.69) is 20.0 Å². The molecule has 2 aliphatic heterocycles. The second kappa shape index (κ2) is 6.90. The van der Waals surface area contributed by atoms with Crippen LogP contribution in [-0.2, 0) is 4.79 Å². The van der Waals surface area contributed by atoms with E-state index in [1.54, 1.807) is 12.1 Å². The zero-order valence-electron chi connectivity index (χ0n) is 16.2. The molecule has 2 aromatic rings. The highest BCUT2D eigenvalue weighted by molar-refractivity contribution is 6.34. The minimum atomic E-state index is -0.285. The summed E-state index contributed by atoms with van der Waals surface area (Å²) in [5.74, 6) is -0.166. The van der Waals surface area contributed by atoms with Crippen LogP contribution in [0.3, 0.4) is 0 Å². The number of amides is 2. The Labute approximate surface area is 170 Å². The molecule has 6 heteroatoms. The van der Waals surface area contributed by atoms with E-state index in [9.17, 15) is 9.59 Å². The van der Waals surface area contributed by atoms with Gasteiger partial charge in [-0.3, -0.25) is 9.59 Å². The Morgan fingerprint density at radius 1 is 1.25 bits per heavy atom. The monoisotopic (exact) mass is 398 g/mol. The quantitative estimate of drug-likeness (QED) is 0.807. The van der Waals surface area contributed by atoms with Crippen molar-refractivity contribution in [2.45, 2.75) is 25.3 Å². The molecule has 3 atom stereocenters. The van der Waals surface area contributed by atoms with E-state index >= 15 is 0 Å². The molecule has 4 rings (SSSR count). The summed E-state index contributed by atoms with van der Waals surface area (Å²) in [6, 6.07) is 13.5. The third-order valence-electron chi connectivity index (χ3n) is 6.10. The van der Waals surface area contributed by atoms with Gasteiger partial charge in [0.1, 0.15) is 0 Å². The van der Waals surface area contributed by atoms with E-state index in [-0.39, 0.29) is 23.8 Å². The summed E-state index contributed by atoms with van der Waals surface area (Å²) < 4.78 is 0.609. The van der Waals surface area contributed by atoms with Gasteiger partial charge in [-0.05, 0) is 30.7 Å². The fraction of sp³-hybridized carbons (Fsp3) is 0.364. The number of aryl methyl sites for hydroxylation is 1. The van der Waals surface area contributed by atoms with Crippen molar-refractivity contribution in [1.29, 1.82) is 0 Å². The number of anilines is 1. The molecule has 28 heavy (non-hydrogen) atoms. The number of hydrogen-bond donors (Lipinski definition) is 1. The number of primary amides is 1. The molecule has 2 heterocycles. The second-order valence-electron chi connectivity index (χ2n) is 8.33. The van der Waals surface area contributed by atoms with E-state index in [4.69, 9.17) is 17.3 Å². The van der Waals surface area contributed by atoms with Crippen LogP contribution in [0.2, 0.25) is 5.02 Å². The van der Waals surface area contributed by atoms with Crippen molar-refractivity contribution >= 4 is 29.1 Å². The van der Waals surface area contributed by atoms with Crippen LogP contribution in [0, 0.1) is 6.92 Å². The first kappa shape index (κ1) is 19.0. The van der Waals surface area contributed by atoms with E-state index in [0.717, 1.165) is 25.2 Å². The van der Waals surface area contributed by atoms with Gasteiger partial charge in [-0.15, -0.1) is 0 Å². The number of likely N-dealkylation sites (N-methyl/N-ethyl adjacent to an activating group) is 1. The van der Waals surface area contributed by atoms with E-state index < -0.39 is 0 Å². The molecular formula is C22H25ClN3O2+. The molecule has 5 nitrogen and oxygen atoms in total. The number of fused-ring (bicyclic) bond motifs is 3. The molecule has 0 aromatic heterocycles. The number of carbonyl (C=O) groups excluding carboxylic acids is 2. The molecule has 146 valence electrons. The number of hydrogen-bond acceptors (Lipinski definition) is 2. The van der Waals surface area contributed by atoms with Gasteiger partial charge in [0.2, 0.25) is 0 Å². The maximum absolute atomic E-state index is 13.5. The van der Waals surface area contributed by atoms with Gasteiger partial charge in [-0.2, -0.15) is 0 Å². The molecular weight excluding hydrogens is 374 g/mol. The summed E-state index contributed by atoms with van der Waals surface area (Å²) in [5.41, 5.74) is 9.33. The highest BCUT2D eigenvalue weighted by Crippen LogP contribution is 2.47. The van der Waals surface area contributed by atoms with Crippen LogP contribution in [0.25, 0.3) is 0 Å². The van der Waals surface area contributed by atoms with E-state index in [1.807, 2.05) is 29.2 Å². The summed E-state index contributed by atoms with van der Waals surface area (Å²) >= 11 is 6.33. The van der Waals surface area contributed by atoms with Gasteiger partial charge in [0.05, 0.1) is 42.7 Å². The summed E-state index contributed by atoms with van der Waals surface area (Å²) in [5, 5.41) is 0.467. The number of likely N-dealkylation sites (tertiary alicyclic amines) is 1. The van der Waals surface area contributed by atoms with Gasteiger partial charge in [0.25, 0.3) is 11.8 Å². The first-order valence-corrected chi connectivity index (χ1v) is 9.97. The van der Waals surface area contributed by atoms with Crippen LogP contribution in [0.5, 0.6) is 0 Å². The first-order chi connectivity index (χ1) is 13.3. The summed E-state index contributed by atoms with van der Waals surface area (Å²) in [4.78, 5) is 27.0. The second-order valence-corrected chi connectivity index (χ2v) is 8.74. The number of quaternary nitrogens is 1. The Morgan fingerprint density at radius 2 is 2.00 bits per heavy atom. The van der Waals surface area contributed by atoms with Gasteiger partial charge in [0.15, 0.2) is 6.54 Å². The standard InChI is InChI=1S/C22H24ClN3O2/c1-14-7-8-19-16(11-14)17-12-26(2,13-21(24)27)10-9-20(17)25(19)22(28)15-5-3-4-6-18(15)23/h3-8,11,17,20H,9-10,12-13H2,1-2H3,(H-,24,27)/p+1/t17-,20-,26?/m1/s1. The van der Waals surface area contributed by atoms with Crippen molar-refractivity contribution in [1.82, 2.24) is 0 Å². The maximum atomic E-state index is 13.5. The molecule has 2 amide bonds. The molecule has 1 unspecified atom stereocenters. The Hall–Kier alpha value is -2.37. The molecule has 0 aliphatic carbocycles. The van der Waals surface area contributed by atoms with Crippen molar-refractivity contribution < 1.29 is 14.1 Å². The van der Waals surface area contributed by atoms with Gasteiger partial charge < -0.3 is 15.1 Å². The molecule has 1 saturated heterocycles. The van der Waals surface area contributed by atoms with Gasteiger partial charge in [-0.25, -0.2) is 0 Å². The topological polar surface area (TPSA) is 63.4 Å². The number of nitrogens with two attached hydrogens (primary N) is 1. The molecule has 0 bridgehead atoms. The highest BCUT2D eigenvalue weighted by atomic mass is 35.5. The predicted octanol–water partition coefficient (Wildman–Crippen LogP) is 3.10. The molecule has 1 fully saturated rings. The summed E-state index contributed by atoms with van der Waals surface area (Å²) in [6.45, 7) is 3.98. The van der Waals surface area contributed by atoms with Gasteiger partial charge >= 0.3 is 0 Å². The molecule has 0 radical (unpaired) electrons. The number of rotatable bonds is 3. The average molecular weight is 399 g/mol. The lowest BCUT2D eigenvalue weighted by Crippen LogP contribution is -2.59. The third kappa shape index (κ3) is 3.19. The van der Waals surface area contributed by atoms with Crippen LogP contribution in [-0.4, -0.2) is 49.0 Å². The minimum absolute atomic E-state index is 0.0609.